The Hall–Kier alpha value is -1.68. The van der Waals surface area contributed by atoms with E-state index in [-0.39, 0.29) is 16.7 Å². The van der Waals surface area contributed by atoms with E-state index in [4.69, 9.17) is 10.6 Å². The first kappa shape index (κ1) is 19.1. The first-order chi connectivity index (χ1) is 12.3. The highest BCUT2D eigenvalue weighted by molar-refractivity contribution is 5.91. The molecule has 26 heavy (non-hydrogen) atoms. The van der Waals surface area contributed by atoms with Crippen molar-refractivity contribution in [1.82, 2.24) is 0 Å². The lowest BCUT2D eigenvalue weighted by Crippen LogP contribution is -2.54. The lowest BCUT2D eigenvalue weighted by molar-refractivity contribution is -0.130. The Balaban J connectivity index is 2.00. The van der Waals surface area contributed by atoms with Crippen LogP contribution in [0.15, 0.2) is 23.4 Å². The molecule has 0 saturated heterocycles. The van der Waals surface area contributed by atoms with Crippen molar-refractivity contribution in [2.45, 2.75) is 64.7 Å². The average molecular weight is 357 g/mol. The van der Waals surface area contributed by atoms with Crippen LogP contribution in [-0.4, -0.2) is 25.1 Å². The fraction of sp³-hybridized carbons (Fsp3) is 0.636. The molecule has 1 saturated carbocycles. The lowest BCUT2D eigenvalue weighted by atomic mass is 9.49. The van der Waals surface area contributed by atoms with Crippen LogP contribution in [0.2, 0.25) is 0 Å². The van der Waals surface area contributed by atoms with Gasteiger partial charge in [0.1, 0.15) is 12.4 Å². The summed E-state index contributed by atoms with van der Waals surface area (Å²) < 4.78 is 0. The highest BCUT2D eigenvalue weighted by atomic mass is 16.6. The Morgan fingerprint density at radius 1 is 1.35 bits per heavy atom. The summed E-state index contributed by atoms with van der Waals surface area (Å²) in [6, 6.07) is 6.77. The highest BCUT2D eigenvalue weighted by Crippen LogP contribution is 2.55. The van der Waals surface area contributed by atoms with Gasteiger partial charge in [0.25, 0.3) is 0 Å². The van der Waals surface area contributed by atoms with Crippen molar-refractivity contribution in [3.63, 3.8) is 0 Å². The van der Waals surface area contributed by atoms with Crippen LogP contribution in [0.25, 0.3) is 0 Å². The Kier molecular flexibility index (Phi) is 5.25. The second-order valence-electron chi connectivity index (χ2n) is 8.78. The number of benzene rings is 1. The van der Waals surface area contributed by atoms with E-state index < -0.39 is 0 Å². The normalized spacial score (nSPS) is 31.2. The number of rotatable bonds is 5. The summed E-state index contributed by atoms with van der Waals surface area (Å²) in [4.78, 5) is 18.5. The largest absolute Gasteiger partial charge is 0.395 e. The van der Waals surface area contributed by atoms with Crippen molar-refractivity contribution >= 4 is 12.0 Å². The molecule has 1 aromatic rings. The number of hydrogen-bond donors (Lipinski definition) is 1. The fourth-order valence-electron chi connectivity index (χ4n) is 5.23. The molecule has 3 rings (SSSR count). The van der Waals surface area contributed by atoms with Crippen LogP contribution in [-0.2, 0) is 21.5 Å². The molecule has 4 heteroatoms. The third kappa shape index (κ3) is 3.20. The van der Waals surface area contributed by atoms with Crippen LogP contribution < -0.4 is 5.73 Å². The van der Waals surface area contributed by atoms with E-state index in [0.29, 0.717) is 31.3 Å². The molecule has 0 aromatic heterocycles. The van der Waals surface area contributed by atoms with E-state index in [1.807, 2.05) is 6.21 Å². The van der Waals surface area contributed by atoms with E-state index in [9.17, 15) is 4.79 Å². The smallest absolute Gasteiger partial charge is 0.142 e. The second kappa shape index (κ2) is 7.15. The molecule has 4 nitrogen and oxygen atoms in total. The van der Waals surface area contributed by atoms with Crippen molar-refractivity contribution in [2.24, 2.45) is 22.2 Å². The number of nitrogens with two attached hydrogens (primary N) is 1. The predicted molar refractivity (Wildman–Crippen MR) is 106 cm³/mol. The maximum absolute atomic E-state index is 13.3. The zero-order valence-electron chi connectivity index (χ0n) is 16.5. The van der Waals surface area contributed by atoms with Gasteiger partial charge in [-0.1, -0.05) is 57.5 Å². The van der Waals surface area contributed by atoms with Crippen molar-refractivity contribution in [1.29, 1.82) is 0 Å². The molecule has 0 bridgehead atoms. The number of carbonyl (C=O) groups excluding carboxylic acids is 1. The maximum Gasteiger partial charge on any atom is 0.142 e. The molecule has 0 heterocycles. The van der Waals surface area contributed by atoms with Gasteiger partial charge >= 0.3 is 0 Å². The van der Waals surface area contributed by atoms with E-state index in [0.717, 1.165) is 19.3 Å². The molecule has 0 spiro atoms. The summed E-state index contributed by atoms with van der Waals surface area (Å²) in [5.41, 5.74) is 8.95. The molecule has 2 aliphatic carbocycles. The Morgan fingerprint density at radius 2 is 2.12 bits per heavy atom. The molecular weight excluding hydrogens is 324 g/mol. The Bertz CT molecular complexity index is 712. The molecule has 0 amide bonds. The first-order valence-electron chi connectivity index (χ1n) is 9.84. The van der Waals surface area contributed by atoms with Gasteiger partial charge in [-0.3, -0.25) is 4.79 Å². The summed E-state index contributed by atoms with van der Waals surface area (Å²) in [5.74, 6) is 0.768. The van der Waals surface area contributed by atoms with Crippen molar-refractivity contribution in [3.8, 4) is 0 Å². The second-order valence-corrected chi connectivity index (χ2v) is 8.78. The lowest BCUT2D eigenvalue weighted by Gasteiger charge is -2.52. The minimum atomic E-state index is -0.271. The van der Waals surface area contributed by atoms with Gasteiger partial charge in [-0.05, 0) is 35.4 Å². The molecule has 1 aromatic carbocycles. The topological polar surface area (TPSA) is 64.7 Å². The standard InChI is InChI=1S/C22H32N2O2/c1-15(2)16-6-7-18-17(12-16)13-19(25)20-21(3,14-24-26-11-10-23)8-5-9-22(18,20)4/h6-7,12,14-15,20H,5,8-11,13,23H2,1-4H3/b24-14+/t20-,21-,22+/m0/s1. The maximum atomic E-state index is 13.3. The first-order valence-corrected chi connectivity index (χ1v) is 9.84. The summed E-state index contributed by atoms with van der Waals surface area (Å²) in [6.45, 7) is 9.69. The summed E-state index contributed by atoms with van der Waals surface area (Å²) >= 11 is 0. The van der Waals surface area contributed by atoms with Gasteiger partial charge < -0.3 is 10.6 Å². The van der Waals surface area contributed by atoms with Crippen LogP contribution in [0, 0.1) is 11.3 Å². The number of hydrogen-bond acceptors (Lipinski definition) is 4. The number of fused-ring (bicyclic) bond motifs is 3. The Morgan fingerprint density at radius 3 is 2.81 bits per heavy atom. The molecule has 1 fully saturated rings. The zero-order valence-corrected chi connectivity index (χ0v) is 16.5. The van der Waals surface area contributed by atoms with E-state index >= 15 is 0 Å². The molecular formula is C22H32N2O2. The third-order valence-electron chi connectivity index (χ3n) is 6.44. The van der Waals surface area contributed by atoms with Gasteiger partial charge in [-0.25, -0.2) is 0 Å². The van der Waals surface area contributed by atoms with Crippen molar-refractivity contribution < 1.29 is 9.63 Å². The Labute approximate surface area is 157 Å². The summed E-state index contributed by atoms with van der Waals surface area (Å²) in [7, 11) is 0. The number of ketones is 1. The number of Topliss-reactive ketones (excluding diaryl/α,β-unsaturated/α-hetero) is 1. The predicted octanol–water partition coefficient (Wildman–Crippen LogP) is 3.96. The quantitative estimate of drug-likeness (QED) is 0.493. The van der Waals surface area contributed by atoms with Crippen LogP contribution >= 0.6 is 0 Å². The van der Waals surface area contributed by atoms with Crippen LogP contribution in [0.5, 0.6) is 0 Å². The molecule has 3 atom stereocenters. The van der Waals surface area contributed by atoms with Gasteiger partial charge in [-0.2, -0.15) is 0 Å². The minimum Gasteiger partial charge on any atom is -0.395 e. The van der Waals surface area contributed by atoms with E-state index in [2.05, 4.69) is 51.0 Å². The number of carbonyl (C=O) groups is 1. The monoisotopic (exact) mass is 356 g/mol. The summed E-state index contributed by atoms with van der Waals surface area (Å²) in [5, 5.41) is 4.15. The van der Waals surface area contributed by atoms with Crippen LogP contribution in [0.3, 0.4) is 0 Å². The van der Waals surface area contributed by atoms with Gasteiger partial charge in [0.2, 0.25) is 0 Å². The van der Waals surface area contributed by atoms with Crippen molar-refractivity contribution in [2.75, 3.05) is 13.2 Å². The van der Waals surface area contributed by atoms with Crippen molar-refractivity contribution in [3.05, 3.63) is 34.9 Å². The highest BCUT2D eigenvalue weighted by Gasteiger charge is 2.55. The average Bonchev–Trinajstić information content (AvgIpc) is 2.58. The molecule has 2 N–H and O–H groups in total. The summed E-state index contributed by atoms with van der Waals surface area (Å²) in [6.07, 6.45) is 5.50. The van der Waals surface area contributed by atoms with E-state index in [1.165, 1.54) is 16.7 Å². The zero-order chi connectivity index (χ0) is 18.9. The molecule has 0 aliphatic heterocycles. The molecule has 0 radical (unpaired) electrons. The van der Waals surface area contributed by atoms with E-state index in [1.54, 1.807) is 0 Å². The molecule has 0 unspecified atom stereocenters. The van der Waals surface area contributed by atoms with Gasteiger partial charge in [0.05, 0.1) is 6.21 Å². The third-order valence-corrected chi connectivity index (χ3v) is 6.44. The van der Waals surface area contributed by atoms with Crippen LogP contribution in [0.4, 0.5) is 0 Å². The minimum absolute atomic E-state index is 0.0497. The van der Waals surface area contributed by atoms with Gasteiger partial charge in [-0.15, -0.1) is 0 Å². The SMILES string of the molecule is CC(C)c1ccc2c(c1)CC(=O)[C@H]1[C@](C)(/C=N/OCCN)CCC[C@]21C. The molecule has 142 valence electrons. The number of oxime groups is 1. The fourth-order valence-corrected chi connectivity index (χ4v) is 5.23. The van der Waals surface area contributed by atoms with Gasteiger partial charge in [0.15, 0.2) is 0 Å². The van der Waals surface area contributed by atoms with Crippen LogP contribution in [0.1, 0.15) is 69.6 Å². The number of nitrogens with zero attached hydrogens (tertiary/aromatic N) is 1. The molecule has 2 aliphatic rings. The van der Waals surface area contributed by atoms with Gasteiger partial charge in [0, 0.05) is 29.7 Å².